The monoisotopic (exact) mass is 218 g/mol. The van der Waals surface area contributed by atoms with Crippen LogP contribution in [0.4, 0.5) is 0 Å². The topological polar surface area (TPSA) is 20.2 Å². The Balaban J connectivity index is 1.79. The number of aliphatic hydroxyl groups is 1. The zero-order chi connectivity index (χ0) is 11.3. The van der Waals surface area contributed by atoms with E-state index in [1.165, 1.54) is 19.3 Å². The van der Waals surface area contributed by atoms with Gasteiger partial charge in [0.1, 0.15) is 0 Å². The lowest BCUT2D eigenvalue weighted by Gasteiger charge is -2.27. The summed E-state index contributed by atoms with van der Waals surface area (Å²) < 4.78 is 0. The number of hydrogen-bond acceptors (Lipinski definition) is 1. The van der Waals surface area contributed by atoms with Crippen LogP contribution in [-0.2, 0) is 0 Å². The predicted octanol–water partition coefficient (Wildman–Crippen LogP) is 3.16. The minimum Gasteiger partial charge on any atom is -0.393 e. The van der Waals surface area contributed by atoms with Crippen molar-refractivity contribution in [2.24, 2.45) is 29.6 Å². The van der Waals surface area contributed by atoms with Crippen molar-refractivity contribution in [3.05, 3.63) is 23.8 Å². The summed E-state index contributed by atoms with van der Waals surface area (Å²) in [5, 5.41) is 9.58. The molecule has 88 valence electrons. The molecule has 0 saturated heterocycles. The Morgan fingerprint density at radius 3 is 3.00 bits per heavy atom. The van der Waals surface area contributed by atoms with E-state index in [0.717, 1.165) is 23.7 Å². The van der Waals surface area contributed by atoms with E-state index in [0.29, 0.717) is 5.92 Å². The van der Waals surface area contributed by atoms with Crippen LogP contribution in [0.2, 0.25) is 0 Å². The summed E-state index contributed by atoms with van der Waals surface area (Å²) in [6.45, 7) is 4.03. The first kappa shape index (κ1) is 10.6. The molecule has 16 heavy (non-hydrogen) atoms. The van der Waals surface area contributed by atoms with Gasteiger partial charge in [-0.05, 0) is 55.8 Å². The molecule has 3 aliphatic carbocycles. The molecule has 0 heterocycles. The maximum Gasteiger partial charge on any atom is 0.0572 e. The largest absolute Gasteiger partial charge is 0.393 e. The van der Waals surface area contributed by atoms with Crippen molar-refractivity contribution in [1.82, 2.24) is 0 Å². The van der Waals surface area contributed by atoms with Crippen LogP contribution in [0.15, 0.2) is 23.8 Å². The smallest absolute Gasteiger partial charge is 0.0572 e. The lowest BCUT2D eigenvalue weighted by Crippen LogP contribution is -2.20. The molecule has 1 heteroatoms. The van der Waals surface area contributed by atoms with Crippen LogP contribution in [0.3, 0.4) is 0 Å². The number of rotatable bonds is 2. The van der Waals surface area contributed by atoms with Crippen LogP contribution in [0.1, 0.15) is 33.1 Å². The van der Waals surface area contributed by atoms with Gasteiger partial charge in [0.25, 0.3) is 0 Å². The highest BCUT2D eigenvalue weighted by molar-refractivity contribution is 5.27. The first-order chi connectivity index (χ1) is 7.66. The van der Waals surface area contributed by atoms with Crippen molar-refractivity contribution >= 4 is 0 Å². The van der Waals surface area contributed by atoms with E-state index in [-0.39, 0.29) is 6.10 Å². The zero-order valence-electron chi connectivity index (χ0n) is 10.3. The van der Waals surface area contributed by atoms with Gasteiger partial charge in [0, 0.05) is 0 Å². The summed E-state index contributed by atoms with van der Waals surface area (Å²) in [4.78, 5) is 0. The summed E-state index contributed by atoms with van der Waals surface area (Å²) in [5.74, 6) is 3.88. The Morgan fingerprint density at radius 1 is 1.44 bits per heavy atom. The molecule has 3 rings (SSSR count). The molecule has 0 unspecified atom stereocenters. The second-order valence-corrected chi connectivity index (χ2v) is 6.05. The van der Waals surface area contributed by atoms with Gasteiger partial charge < -0.3 is 5.11 Å². The van der Waals surface area contributed by atoms with Gasteiger partial charge in [-0.3, -0.25) is 0 Å². The van der Waals surface area contributed by atoms with Crippen LogP contribution in [0, 0.1) is 29.6 Å². The Bertz CT molecular complexity index is 339. The van der Waals surface area contributed by atoms with Crippen molar-refractivity contribution in [2.45, 2.75) is 39.2 Å². The number of hydrogen-bond donors (Lipinski definition) is 1. The summed E-state index contributed by atoms with van der Waals surface area (Å²) >= 11 is 0. The molecule has 1 N–H and O–H groups in total. The summed E-state index contributed by atoms with van der Waals surface area (Å²) in [6.07, 6.45) is 11.0. The van der Waals surface area contributed by atoms with Gasteiger partial charge in [0.05, 0.1) is 6.10 Å². The highest BCUT2D eigenvalue weighted by Gasteiger charge is 2.49. The normalized spacial score (nSPS) is 46.3. The van der Waals surface area contributed by atoms with E-state index in [4.69, 9.17) is 0 Å². The Hall–Kier alpha value is -0.560. The molecule has 2 fully saturated rings. The molecule has 0 amide bonds. The molecule has 0 aromatic carbocycles. The zero-order valence-corrected chi connectivity index (χ0v) is 10.3. The molecule has 2 bridgehead atoms. The van der Waals surface area contributed by atoms with Crippen LogP contribution in [0.5, 0.6) is 0 Å². The second-order valence-electron chi connectivity index (χ2n) is 6.05. The van der Waals surface area contributed by atoms with Crippen molar-refractivity contribution in [2.75, 3.05) is 0 Å². The quantitative estimate of drug-likeness (QED) is 0.706. The molecular formula is C15H22O. The fourth-order valence-corrected chi connectivity index (χ4v) is 4.05. The first-order valence-electron chi connectivity index (χ1n) is 6.72. The average Bonchev–Trinajstić information content (AvgIpc) is 2.87. The fourth-order valence-electron chi connectivity index (χ4n) is 4.05. The molecule has 3 aliphatic rings. The lowest BCUT2D eigenvalue weighted by molar-refractivity contribution is 0.156. The molecule has 0 aliphatic heterocycles. The summed E-state index contributed by atoms with van der Waals surface area (Å²) in [5.41, 5.74) is 1.64. The molecule has 0 radical (unpaired) electrons. The maximum atomic E-state index is 9.58. The van der Waals surface area contributed by atoms with Crippen molar-refractivity contribution in [1.29, 1.82) is 0 Å². The van der Waals surface area contributed by atoms with E-state index >= 15 is 0 Å². The van der Waals surface area contributed by atoms with Crippen molar-refractivity contribution in [3.63, 3.8) is 0 Å². The maximum absolute atomic E-state index is 9.58. The van der Waals surface area contributed by atoms with Gasteiger partial charge in [-0.25, -0.2) is 0 Å². The van der Waals surface area contributed by atoms with Crippen LogP contribution < -0.4 is 0 Å². The Morgan fingerprint density at radius 2 is 2.25 bits per heavy atom. The first-order valence-corrected chi connectivity index (χ1v) is 6.72. The number of fused-ring (bicyclic) bond motifs is 5. The van der Waals surface area contributed by atoms with E-state index in [9.17, 15) is 5.11 Å². The number of aliphatic hydroxyl groups excluding tert-OH is 1. The third-order valence-corrected chi connectivity index (χ3v) is 5.10. The van der Waals surface area contributed by atoms with Crippen molar-refractivity contribution in [3.8, 4) is 0 Å². The van der Waals surface area contributed by atoms with Gasteiger partial charge in [-0.15, -0.1) is 0 Å². The third-order valence-electron chi connectivity index (χ3n) is 5.10. The highest BCUT2D eigenvalue weighted by atomic mass is 16.3. The SMILES string of the molecule is C[C@H](O)[C@@H](C)/C=C1/C[C@@H]2C[C@H]1[C@H]1C=CC[C@@H]21. The van der Waals surface area contributed by atoms with Crippen LogP contribution in [0.25, 0.3) is 0 Å². The Labute approximate surface area is 98.2 Å². The van der Waals surface area contributed by atoms with E-state index in [2.05, 4.69) is 25.2 Å². The summed E-state index contributed by atoms with van der Waals surface area (Å²) in [6, 6.07) is 0. The number of allylic oxidation sites excluding steroid dienone is 3. The van der Waals surface area contributed by atoms with Gasteiger partial charge in [-0.1, -0.05) is 30.7 Å². The molecule has 6 atom stereocenters. The molecule has 0 aromatic heterocycles. The predicted molar refractivity (Wildman–Crippen MR) is 65.9 cm³/mol. The Kier molecular flexibility index (Phi) is 2.47. The van der Waals surface area contributed by atoms with Crippen LogP contribution >= 0.6 is 0 Å². The van der Waals surface area contributed by atoms with Gasteiger partial charge in [0.2, 0.25) is 0 Å². The fraction of sp³-hybridized carbons (Fsp3) is 0.733. The van der Waals surface area contributed by atoms with Crippen molar-refractivity contribution < 1.29 is 5.11 Å². The minimum absolute atomic E-state index is 0.207. The molecule has 1 nitrogen and oxygen atoms in total. The van der Waals surface area contributed by atoms with Gasteiger partial charge >= 0.3 is 0 Å². The highest BCUT2D eigenvalue weighted by Crippen LogP contribution is 2.58. The summed E-state index contributed by atoms with van der Waals surface area (Å²) in [7, 11) is 0. The molecule has 2 saturated carbocycles. The standard InChI is InChI=1S/C15H22O/c1-9(10(2)16)6-11-7-12-8-15(11)14-5-3-4-13(12)14/h3,5-6,9-10,12-16H,4,7-8H2,1-2H3/b11-6-/t9-,10-,12+,13-,14-,15+/m0/s1. The lowest BCUT2D eigenvalue weighted by atomic mass is 9.78. The average molecular weight is 218 g/mol. The minimum atomic E-state index is -0.207. The second kappa shape index (κ2) is 3.73. The van der Waals surface area contributed by atoms with E-state index in [1.54, 1.807) is 5.57 Å². The van der Waals surface area contributed by atoms with E-state index in [1.807, 2.05) is 6.92 Å². The van der Waals surface area contributed by atoms with Gasteiger partial charge in [0.15, 0.2) is 0 Å². The molecule has 0 spiro atoms. The molecule has 0 aromatic rings. The molecular weight excluding hydrogens is 196 g/mol. The van der Waals surface area contributed by atoms with Crippen LogP contribution in [-0.4, -0.2) is 11.2 Å². The van der Waals surface area contributed by atoms with E-state index < -0.39 is 0 Å². The van der Waals surface area contributed by atoms with Gasteiger partial charge in [-0.2, -0.15) is 0 Å². The third kappa shape index (κ3) is 1.48.